The molecule has 0 amide bonds. The fourth-order valence-corrected chi connectivity index (χ4v) is 3.79. The Morgan fingerprint density at radius 3 is 1.94 bits per heavy atom. The van der Waals surface area contributed by atoms with Crippen molar-refractivity contribution in [3.8, 4) is 23.0 Å². The van der Waals surface area contributed by atoms with E-state index in [-0.39, 0.29) is 23.7 Å². The van der Waals surface area contributed by atoms with Gasteiger partial charge >= 0.3 is 11.9 Å². The Bertz CT molecular complexity index is 948. The molecule has 0 radical (unpaired) electrons. The van der Waals surface area contributed by atoms with Crippen molar-refractivity contribution in [3.05, 3.63) is 47.0 Å². The van der Waals surface area contributed by atoms with Gasteiger partial charge in [-0.1, -0.05) is 6.42 Å². The summed E-state index contributed by atoms with van der Waals surface area (Å²) in [6.45, 7) is 2.67. The topological polar surface area (TPSA) is 83.5 Å². The van der Waals surface area contributed by atoms with Crippen LogP contribution in [0.5, 0.6) is 23.0 Å². The number of benzene rings is 2. The second kappa shape index (κ2) is 12.3. The maximum absolute atomic E-state index is 12.9. The minimum Gasteiger partial charge on any atom is -0.493 e. The van der Waals surface area contributed by atoms with Gasteiger partial charge in [-0.05, 0) is 61.8 Å². The van der Waals surface area contributed by atoms with Crippen LogP contribution in [-0.4, -0.2) is 58.4 Å². The van der Waals surface area contributed by atoms with Crippen molar-refractivity contribution >= 4 is 24.3 Å². The van der Waals surface area contributed by atoms with Gasteiger partial charge in [0.2, 0.25) is 5.75 Å². The van der Waals surface area contributed by atoms with E-state index < -0.39 is 11.9 Å². The molecule has 9 heteroatoms. The van der Waals surface area contributed by atoms with Gasteiger partial charge in [0, 0.05) is 6.54 Å². The standard InChI is InChI=1S/C24H29NO7.ClH/c1-28-20-13-18(14-21(29-2)22(20)30-3)24(27)32-19-11-16(10-17(12-19)23(26)31-4)15-25-8-6-5-7-9-25;/h10-14H,5-9,15H2,1-4H3;1H. The molecule has 1 heterocycles. The van der Waals surface area contributed by atoms with Gasteiger partial charge in [0.05, 0.1) is 39.6 Å². The number of piperidine rings is 1. The molecular formula is C24H30ClNO7. The summed E-state index contributed by atoms with van der Waals surface area (Å²) in [5, 5.41) is 0. The summed E-state index contributed by atoms with van der Waals surface area (Å²) in [6.07, 6.45) is 3.54. The molecule has 1 fully saturated rings. The van der Waals surface area contributed by atoms with Gasteiger partial charge in [-0.2, -0.15) is 0 Å². The van der Waals surface area contributed by atoms with Crippen LogP contribution in [0.15, 0.2) is 30.3 Å². The molecule has 8 nitrogen and oxygen atoms in total. The van der Waals surface area contributed by atoms with Crippen LogP contribution >= 0.6 is 12.4 Å². The average Bonchev–Trinajstić information content (AvgIpc) is 2.82. The lowest BCUT2D eigenvalue weighted by Crippen LogP contribution is -2.29. The van der Waals surface area contributed by atoms with Gasteiger partial charge < -0.3 is 23.7 Å². The predicted octanol–water partition coefficient (Wildman–Crippen LogP) is 4.13. The average molecular weight is 480 g/mol. The first kappa shape index (κ1) is 26.3. The Labute approximate surface area is 200 Å². The van der Waals surface area contributed by atoms with Crippen LogP contribution in [0, 0.1) is 0 Å². The summed E-state index contributed by atoms with van der Waals surface area (Å²) in [5.74, 6) is 0.216. The summed E-state index contributed by atoms with van der Waals surface area (Å²) < 4.78 is 26.4. The van der Waals surface area contributed by atoms with Crippen molar-refractivity contribution < 1.29 is 33.3 Å². The molecule has 3 rings (SSSR count). The van der Waals surface area contributed by atoms with Crippen molar-refractivity contribution in [2.24, 2.45) is 0 Å². The molecule has 0 aromatic heterocycles. The minimum atomic E-state index is -0.616. The Balaban J connectivity index is 0.00000385. The number of rotatable bonds is 8. The predicted molar refractivity (Wildman–Crippen MR) is 125 cm³/mol. The molecule has 0 aliphatic carbocycles. The van der Waals surface area contributed by atoms with Crippen molar-refractivity contribution in [1.82, 2.24) is 4.90 Å². The van der Waals surface area contributed by atoms with Crippen LogP contribution in [0.25, 0.3) is 0 Å². The van der Waals surface area contributed by atoms with Crippen LogP contribution < -0.4 is 18.9 Å². The highest BCUT2D eigenvalue weighted by Crippen LogP contribution is 2.38. The van der Waals surface area contributed by atoms with Gasteiger partial charge in [-0.3, -0.25) is 4.90 Å². The monoisotopic (exact) mass is 479 g/mol. The third-order valence-corrected chi connectivity index (χ3v) is 5.35. The number of ether oxygens (including phenoxy) is 5. The second-order valence-electron chi connectivity index (χ2n) is 7.50. The maximum Gasteiger partial charge on any atom is 0.343 e. The molecular weight excluding hydrogens is 450 g/mol. The Hall–Kier alpha value is -2.97. The zero-order valence-corrected chi connectivity index (χ0v) is 20.2. The molecule has 2 aromatic rings. The maximum atomic E-state index is 12.9. The number of carbonyl (C=O) groups excluding carboxylic acids is 2. The van der Waals surface area contributed by atoms with E-state index in [1.807, 2.05) is 0 Å². The fourth-order valence-electron chi connectivity index (χ4n) is 3.79. The first-order chi connectivity index (χ1) is 15.5. The first-order valence-electron chi connectivity index (χ1n) is 10.5. The van der Waals surface area contributed by atoms with E-state index in [4.69, 9.17) is 23.7 Å². The number of carbonyl (C=O) groups is 2. The van der Waals surface area contributed by atoms with Crippen LogP contribution in [0.4, 0.5) is 0 Å². The molecule has 1 saturated heterocycles. The third kappa shape index (κ3) is 6.52. The van der Waals surface area contributed by atoms with Crippen molar-refractivity contribution in [1.29, 1.82) is 0 Å². The fraction of sp³-hybridized carbons (Fsp3) is 0.417. The molecule has 0 unspecified atom stereocenters. The molecule has 0 saturated carbocycles. The van der Waals surface area contributed by atoms with E-state index in [1.54, 1.807) is 12.1 Å². The molecule has 0 bridgehead atoms. The molecule has 33 heavy (non-hydrogen) atoms. The minimum absolute atomic E-state index is 0. The SMILES string of the molecule is COC(=O)c1cc(CN2CCCCC2)cc(OC(=O)c2cc(OC)c(OC)c(OC)c2)c1.Cl. The summed E-state index contributed by atoms with van der Waals surface area (Å²) in [4.78, 5) is 27.4. The first-order valence-corrected chi connectivity index (χ1v) is 10.5. The number of hydrogen-bond acceptors (Lipinski definition) is 8. The van der Waals surface area contributed by atoms with E-state index in [0.29, 0.717) is 29.4 Å². The highest BCUT2D eigenvalue weighted by atomic mass is 35.5. The number of nitrogens with zero attached hydrogens (tertiary/aromatic N) is 1. The van der Waals surface area contributed by atoms with Gasteiger partial charge in [-0.15, -0.1) is 12.4 Å². The normalized spacial score (nSPS) is 13.5. The largest absolute Gasteiger partial charge is 0.493 e. The summed E-state index contributed by atoms with van der Waals surface area (Å²) in [6, 6.07) is 8.08. The lowest BCUT2D eigenvalue weighted by Gasteiger charge is -2.26. The van der Waals surface area contributed by atoms with Crippen LogP contribution in [0.1, 0.15) is 45.5 Å². The molecule has 1 aliphatic heterocycles. The lowest BCUT2D eigenvalue weighted by atomic mass is 10.1. The summed E-state index contributed by atoms with van der Waals surface area (Å²) in [5.41, 5.74) is 1.43. The van der Waals surface area contributed by atoms with Crippen LogP contribution in [0.3, 0.4) is 0 Å². The highest BCUT2D eigenvalue weighted by molar-refractivity contribution is 5.94. The Morgan fingerprint density at radius 1 is 0.788 bits per heavy atom. The van der Waals surface area contributed by atoms with Crippen molar-refractivity contribution in [2.45, 2.75) is 25.8 Å². The van der Waals surface area contributed by atoms with E-state index >= 15 is 0 Å². The zero-order valence-electron chi connectivity index (χ0n) is 19.3. The molecule has 0 N–H and O–H groups in total. The Kier molecular flexibility index (Phi) is 9.81. The molecule has 2 aromatic carbocycles. The number of esters is 2. The van der Waals surface area contributed by atoms with Gasteiger partial charge in [0.15, 0.2) is 11.5 Å². The molecule has 0 atom stereocenters. The van der Waals surface area contributed by atoms with E-state index in [0.717, 1.165) is 31.5 Å². The van der Waals surface area contributed by atoms with Crippen molar-refractivity contribution in [3.63, 3.8) is 0 Å². The van der Waals surface area contributed by atoms with Gasteiger partial charge in [-0.25, -0.2) is 9.59 Å². The third-order valence-electron chi connectivity index (χ3n) is 5.35. The number of likely N-dealkylation sites (tertiary alicyclic amines) is 1. The van der Waals surface area contributed by atoms with E-state index in [1.165, 1.54) is 53.1 Å². The summed E-state index contributed by atoms with van der Waals surface area (Å²) in [7, 11) is 5.75. The quantitative estimate of drug-likeness (QED) is 0.413. The lowest BCUT2D eigenvalue weighted by molar-refractivity contribution is 0.0597. The van der Waals surface area contributed by atoms with Crippen molar-refractivity contribution in [2.75, 3.05) is 41.5 Å². The van der Waals surface area contributed by atoms with E-state index in [9.17, 15) is 9.59 Å². The smallest absolute Gasteiger partial charge is 0.343 e. The Morgan fingerprint density at radius 2 is 1.39 bits per heavy atom. The highest BCUT2D eigenvalue weighted by Gasteiger charge is 2.20. The van der Waals surface area contributed by atoms with Gasteiger partial charge in [0.1, 0.15) is 5.75 Å². The van der Waals surface area contributed by atoms with Crippen LogP contribution in [-0.2, 0) is 11.3 Å². The van der Waals surface area contributed by atoms with E-state index in [2.05, 4.69) is 4.90 Å². The number of methoxy groups -OCH3 is 4. The van der Waals surface area contributed by atoms with Crippen LogP contribution in [0.2, 0.25) is 0 Å². The molecule has 1 aliphatic rings. The zero-order chi connectivity index (χ0) is 23.1. The second-order valence-corrected chi connectivity index (χ2v) is 7.50. The summed E-state index contributed by atoms with van der Waals surface area (Å²) >= 11 is 0. The van der Waals surface area contributed by atoms with Gasteiger partial charge in [0.25, 0.3) is 0 Å². The number of hydrogen-bond donors (Lipinski definition) is 0. The molecule has 0 spiro atoms. The molecule has 180 valence electrons. The number of halogens is 1.